The molecule has 3 heteroatoms. The van der Waals surface area contributed by atoms with Crippen molar-refractivity contribution in [2.45, 2.75) is 232 Å². The summed E-state index contributed by atoms with van der Waals surface area (Å²) in [6, 6.07) is 0. The van der Waals surface area contributed by atoms with Gasteiger partial charge in [0, 0.05) is 18.7 Å². The van der Waals surface area contributed by atoms with Gasteiger partial charge in [-0.05, 0) is 73.0 Å². The maximum atomic E-state index is 12.3. The van der Waals surface area contributed by atoms with E-state index in [-0.39, 0.29) is 5.91 Å². The van der Waals surface area contributed by atoms with Gasteiger partial charge in [0.2, 0.25) is 5.91 Å². The first kappa shape index (κ1) is 39.3. The summed E-state index contributed by atoms with van der Waals surface area (Å²) in [5.41, 5.74) is 1.62. The van der Waals surface area contributed by atoms with Gasteiger partial charge in [-0.3, -0.25) is 4.79 Å². The Labute approximate surface area is 305 Å². The van der Waals surface area contributed by atoms with Crippen LogP contribution in [0, 0.1) is 40.9 Å². The summed E-state index contributed by atoms with van der Waals surface area (Å²) >= 11 is 0. The van der Waals surface area contributed by atoms with Crippen molar-refractivity contribution < 1.29 is 4.79 Å². The number of hydrogen-bond donors (Lipinski definition) is 0. The fourth-order valence-electron chi connectivity index (χ4n) is 11.6. The molecule has 3 nitrogen and oxygen atoms in total. The summed E-state index contributed by atoms with van der Waals surface area (Å²) in [6.45, 7) is 5.63. The number of carbonyl (C=O) groups excluding carboxylic acids is 1. The lowest BCUT2D eigenvalue weighted by atomic mass is 9.69. The van der Waals surface area contributed by atoms with E-state index < -0.39 is 0 Å². The Balaban J connectivity index is 0.000000161. The molecule has 0 aromatic rings. The maximum absolute atomic E-state index is 12.3. The molecule has 0 N–H and O–H groups in total. The SMILES string of the molecule is C1CCC(C2CCCCC2)CC1.C1CCC(C2CCCCC2)CC1.CC(C)(CCN1N=C(CC2CCCCC2)CCC1=O)C1CCCCC1. The van der Waals surface area contributed by atoms with E-state index in [9.17, 15) is 4.79 Å². The molecule has 0 spiro atoms. The number of hydrogen-bond acceptors (Lipinski definition) is 2. The van der Waals surface area contributed by atoms with Gasteiger partial charge in [0.1, 0.15) is 0 Å². The Kier molecular flexibility index (Phi) is 17.4. The molecule has 1 aliphatic heterocycles. The second-order valence-corrected chi connectivity index (χ2v) is 19.1. The van der Waals surface area contributed by atoms with Gasteiger partial charge >= 0.3 is 0 Å². The van der Waals surface area contributed by atoms with E-state index >= 15 is 0 Å². The fourth-order valence-corrected chi connectivity index (χ4v) is 11.6. The Morgan fingerprint density at radius 2 is 0.878 bits per heavy atom. The highest BCUT2D eigenvalue weighted by atomic mass is 16.2. The summed E-state index contributed by atoms with van der Waals surface area (Å²) in [4.78, 5) is 12.3. The van der Waals surface area contributed by atoms with E-state index in [1.54, 1.807) is 51.4 Å². The molecule has 0 aromatic heterocycles. The lowest BCUT2D eigenvalue weighted by Crippen LogP contribution is -2.36. The van der Waals surface area contributed by atoms with Crippen LogP contribution < -0.4 is 0 Å². The Bertz CT molecular complexity index is 855. The second-order valence-electron chi connectivity index (χ2n) is 19.1. The molecule has 0 bridgehead atoms. The van der Waals surface area contributed by atoms with Gasteiger partial charge in [-0.25, -0.2) is 5.01 Å². The van der Waals surface area contributed by atoms with Crippen LogP contribution in [-0.4, -0.2) is 23.2 Å². The summed E-state index contributed by atoms with van der Waals surface area (Å²) in [5.74, 6) is 6.44. The number of rotatable bonds is 8. The van der Waals surface area contributed by atoms with E-state index in [0.717, 1.165) is 61.3 Å². The first-order chi connectivity index (χ1) is 24.0. The van der Waals surface area contributed by atoms with Crippen molar-refractivity contribution in [3.05, 3.63) is 0 Å². The molecule has 0 radical (unpaired) electrons. The highest BCUT2D eigenvalue weighted by Gasteiger charge is 2.32. The zero-order valence-corrected chi connectivity index (χ0v) is 33.0. The largest absolute Gasteiger partial charge is 0.273 e. The molecule has 6 fully saturated rings. The third-order valence-electron chi connectivity index (χ3n) is 15.0. The first-order valence-corrected chi connectivity index (χ1v) is 22.8. The quantitative estimate of drug-likeness (QED) is 0.251. The van der Waals surface area contributed by atoms with Gasteiger partial charge in [0.05, 0.1) is 0 Å². The molecule has 0 atom stereocenters. The van der Waals surface area contributed by atoms with Gasteiger partial charge in [0.25, 0.3) is 0 Å². The van der Waals surface area contributed by atoms with Crippen LogP contribution in [0.5, 0.6) is 0 Å². The molecule has 7 aliphatic rings. The second kappa shape index (κ2) is 21.6. The van der Waals surface area contributed by atoms with Crippen LogP contribution in [0.4, 0.5) is 0 Å². The lowest BCUT2D eigenvalue weighted by molar-refractivity contribution is -0.132. The monoisotopic (exact) mass is 679 g/mol. The minimum Gasteiger partial charge on any atom is -0.273 e. The van der Waals surface area contributed by atoms with Crippen LogP contribution >= 0.6 is 0 Å². The summed E-state index contributed by atoms with van der Waals surface area (Å²) < 4.78 is 0. The minimum atomic E-state index is 0.242. The van der Waals surface area contributed by atoms with Gasteiger partial charge < -0.3 is 0 Å². The van der Waals surface area contributed by atoms with Crippen molar-refractivity contribution in [3.63, 3.8) is 0 Å². The summed E-state index contributed by atoms with van der Waals surface area (Å²) in [7, 11) is 0. The number of amides is 1. The van der Waals surface area contributed by atoms with Gasteiger partial charge in [-0.15, -0.1) is 0 Å². The predicted octanol–water partition coefficient (Wildman–Crippen LogP) is 14.2. The first-order valence-electron chi connectivity index (χ1n) is 22.8. The highest BCUT2D eigenvalue weighted by molar-refractivity contribution is 5.92. The molecule has 0 aromatic carbocycles. The van der Waals surface area contributed by atoms with E-state index in [0.29, 0.717) is 11.8 Å². The van der Waals surface area contributed by atoms with Gasteiger partial charge in [-0.2, -0.15) is 5.10 Å². The maximum Gasteiger partial charge on any atom is 0.243 e. The Hall–Kier alpha value is -0.860. The fraction of sp³-hybridized carbons (Fsp3) is 0.957. The van der Waals surface area contributed by atoms with Crippen molar-refractivity contribution >= 4 is 11.6 Å². The third-order valence-corrected chi connectivity index (χ3v) is 15.0. The topological polar surface area (TPSA) is 32.7 Å². The summed E-state index contributed by atoms with van der Waals surface area (Å²) in [6.07, 6.45) is 48.4. The van der Waals surface area contributed by atoms with Crippen molar-refractivity contribution in [3.8, 4) is 0 Å². The number of carbonyl (C=O) groups is 1. The highest BCUT2D eigenvalue weighted by Crippen LogP contribution is 2.42. The third kappa shape index (κ3) is 13.6. The molecule has 0 unspecified atom stereocenters. The lowest BCUT2D eigenvalue weighted by Gasteiger charge is -2.38. The van der Waals surface area contributed by atoms with Crippen LogP contribution in [0.3, 0.4) is 0 Å². The smallest absolute Gasteiger partial charge is 0.243 e. The van der Waals surface area contributed by atoms with Crippen molar-refractivity contribution in [1.82, 2.24) is 5.01 Å². The van der Waals surface area contributed by atoms with E-state index in [2.05, 4.69) is 13.8 Å². The molecule has 282 valence electrons. The van der Waals surface area contributed by atoms with Gasteiger partial charge in [0.15, 0.2) is 0 Å². The average molecular weight is 679 g/mol. The molecule has 6 aliphatic carbocycles. The van der Waals surface area contributed by atoms with Crippen molar-refractivity contribution in [2.24, 2.45) is 46.0 Å². The predicted molar refractivity (Wildman–Crippen MR) is 211 cm³/mol. The summed E-state index contributed by atoms with van der Waals surface area (Å²) in [5, 5.41) is 6.63. The van der Waals surface area contributed by atoms with Crippen molar-refractivity contribution in [1.29, 1.82) is 0 Å². The average Bonchev–Trinajstić information content (AvgIpc) is 3.18. The van der Waals surface area contributed by atoms with Crippen LogP contribution in [0.2, 0.25) is 0 Å². The zero-order chi connectivity index (χ0) is 34.2. The Morgan fingerprint density at radius 1 is 0.510 bits per heavy atom. The molecular formula is C46H82N2O. The van der Waals surface area contributed by atoms with Gasteiger partial charge in [-0.1, -0.05) is 194 Å². The number of nitrogens with zero attached hydrogens (tertiary/aromatic N) is 2. The normalized spacial score (nSPS) is 26.7. The molecule has 1 heterocycles. The molecule has 0 saturated heterocycles. The zero-order valence-electron chi connectivity index (χ0n) is 33.0. The molecule has 6 saturated carbocycles. The van der Waals surface area contributed by atoms with E-state index in [1.807, 2.05) is 5.01 Å². The van der Waals surface area contributed by atoms with Crippen LogP contribution in [0.25, 0.3) is 0 Å². The van der Waals surface area contributed by atoms with E-state index in [4.69, 9.17) is 5.10 Å². The van der Waals surface area contributed by atoms with Crippen molar-refractivity contribution in [2.75, 3.05) is 6.54 Å². The van der Waals surface area contributed by atoms with Crippen LogP contribution in [0.1, 0.15) is 232 Å². The standard InChI is InChI=1S/C22H38N2O.2C12H22/c1-22(2,19-11-7-4-8-12-19)15-16-24-21(25)14-13-20(23-24)17-18-9-5-3-6-10-18;2*1-3-7-11(8-4-1)12-9-5-2-6-10-12/h18-19H,3-17H2,1-2H3;2*11-12H,1-10H2. The molecule has 1 amide bonds. The van der Waals surface area contributed by atoms with Crippen LogP contribution in [-0.2, 0) is 4.79 Å². The Morgan fingerprint density at radius 3 is 1.29 bits per heavy atom. The molecule has 7 rings (SSSR count). The van der Waals surface area contributed by atoms with E-state index in [1.165, 1.54) is 147 Å². The number of hydrazone groups is 1. The molecular weight excluding hydrogens is 597 g/mol. The minimum absolute atomic E-state index is 0.242. The van der Waals surface area contributed by atoms with Crippen LogP contribution in [0.15, 0.2) is 5.10 Å². The molecule has 49 heavy (non-hydrogen) atoms.